The first kappa shape index (κ1) is 20.2. The van der Waals surface area contributed by atoms with Crippen LogP contribution in [0, 0.1) is 0 Å². The van der Waals surface area contributed by atoms with Crippen LogP contribution in [0.4, 0.5) is 0 Å². The molecular formula is C23H28ClN3O2. The molecule has 1 atom stereocenters. The van der Waals surface area contributed by atoms with Gasteiger partial charge in [-0.2, -0.15) is 0 Å². The second-order valence-corrected chi connectivity index (χ2v) is 8.39. The fraction of sp³-hybridized carbons (Fsp3) is 0.435. The van der Waals surface area contributed by atoms with Gasteiger partial charge in [0.05, 0.1) is 6.61 Å². The van der Waals surface area contributed by atoms with Crippen molar-refractivity contribution in [3.8, 4) is 11.5 Å². The number of likely N-dealkylation sites (tertiary alicyclic amines) is 1. The zero-order valence-corrected chi connectivity index (χ0v) is 17.7. The van der Waals surface area contributed by atoms with Crippen molar-refractivity contribution in [3.63, 3.8) is 0 Å². The lowest BCUT2D eigenvalue weighted by Crippen LogP contribution is -2.55. The van der Waals surface area contributed by atoms with Crippen LogP contribution in [-0.4, -0.2) is 48.1 Å². The van der Waals surface area contributed by atoms with E-state index in [-0.39, 0.29) is 17.5 Å². The molecule has 6 heteroatoms. The minimum absolute atomic E-state index is 0.0452. The van der Waals surface area contributed by atoms with Gasteiger partial charge < -0.3 is 14.7 Å². The number of hydrogen-bond acceptors (Lipinski definition) is 5. The number of nitrogens with one attached hydrogen (secondary N) is 1. The molecule has 29 heavy (non-hydrogen) atoms. The van der Waals surface area contributed by atoms with Crippen LogP contribution in [0.15, 0.2) is 47.5 Å². The van der Waals surface area contributed by atoms with E-state index in [0.29, 0.717) is 18.1 Å². The van der Waals surface area contributed by atoms with Gasteiger partial charge in [-0.25, -0.2) is 0 Å². The predicted octanol–water partition coefficient (Wildman–Crippen LogP) is 4.39. The number of benzene rings is 2. The molecule has 2 aromatic carbocycles. The van der Waals surface area contributed by atoms with Crippen molar-refractivity contribution in [1.82, 2.24) is 10.2 Å². The third-order valence-corrected chi connectivity index (χ3v) is 6.10. The van der Waals surface area contributed by atoms with E-state index in [0.717, 1.165) is 48.5 Å². The van der Waals surface area contributed by atoms with Crippen molar-refractivity contribution in [2.45, 2.75) is 37.9 Å². The lowest BCUT2D eigenvalue weighted by atomic mass is 9.87. The Labute approximate surface area is 177 Å². The normalized spacial score (nSPS) is 21.8. The summed E-state index contributed by atoms with van der Waals surface area (Å²) in [5, 5.41) is 14.9. The molecule has 1 fully saturated rings. The van der Waals surface area contributed by atoms with Gasteiger partial charge >= 0.3 is 0 Å². The van der Waals surface area contributed by atoms with Crippen LogP contribution in [0.3, 0.4) is 0 Å². The third-order valence-electron chi connectivity index (χ3n) is 5.87. The average molecular weight is 414 g/mol. The van der Waals surface area contributed by atoms with Gasteiger partial charge in [0.25, 0.3) is 0 Å². The number of aliphatic imine (C=N–C) groups is 1. The van der Waals surface area contributed by atoms with Crippen molar-refractivity contribution in [1.29, 1.82) is 0 Å². The van der Waals surface area contributed by atoms with Crippen LogP contribution < -0.4 is 10.1 Å². The van der Waals surface area contributed by atoms with E-state index in [1.54, 1.807) is 12.1 Å². The summed E-state index contributed by atoms with van der Waals surface area (Å²) in [5.41, 5.74) is 2.66. The molecule has 4 rings (SSSR count). The number of halogens is 1. The van der Waals surface area contributed by atoms with E-state index in [9.17, 15) is 5.11 Å². The Bertz CT molecular complexity index is 889. The molecule has 154 valence electrons. The van der Waals surface area contributed by atoms with Gasteiger partial charge in [0.1, 0.15) is 17.2 Å². The fourth-order valence-electron chi connectivity index (χ4n) is 4.23. The maximum Gasteiger partial charge on any atom is 0.120 e. The van der Waals surface area contributed by atoms with Crippen LogP contribution in [0.2, 0.25) is 5.02 Å². The van der Waals surface area contributed by atoms with E-state index in [4.69, 9.17) is 21.3 Å². The number of nitrogens with zero attached hydrogens (tertiary/aromatic N) is 2. The Morgan fingerprint density at radius 1 is 1.21 bits per heavy atom. The molecule has 0 saturated carbocycles. The standard InChI is InChI=1S/C23H28ClN3O2/c1-3-29-18-7-4-16(5-8-18)20-15-21(19-14-17(24)6-9-22(19)28)26-23(25-20)10-12-27(2)13-11-23/h4-9,14,21,26,28H,3,10-13,15H2,1-2H3/t21-/m1/s1. The zero-order chi connectivity index (χ0) is 20.4. The van der Waals surface area contributed by atoms with Crippen molar-refractivity contribution in [2.24, 2.45) is 4.99 Å². The van der Waals surface area contributed by atoms with Crippen LogP contribution in [-0.2, 0) is 0 Å². The summed E-state index contributed by atoms with van der Waals surface area (Å²) in [7, 11) is 2.15. The van der Waals surface area contributed by atoms with Crippen LogP contribution in [0.1, 0.15) is 43.4 Å². The SMILES string of the molecule is CCOc1ccc(C2=NC3(CCN(C)CC3)N[C@@H](c3cc(Cl)ccc3O)C2)cc1. The molecule has 1 spiro atoms. The van der Waals surface area contributed by atoms with Gasteiger partial charge in [0, 0.05) is 41.8 Å². The first-order valence-corrected chi connectivity index (χ1v) is 10.6. The maximum atomic E-state index is 10.5. The molecule has 0 radical (unpaired) electrons. The lowest BCUT2D eigenvalue weighted by Gasteiger charge is -2.44. The summed E-state index contributed by atoms with van der Waals surface area (Å²) in [6.45, 7) is 4.61. The quantitative estimate of drug-likeness (QED) is 0.780. The smallest absolute Gasteiger partial charge is 0.120 e. The van der Waals surface area contributed by atoms with Crippen LogP contribution in [0.25, 0.3) is 0 Å². The number of hydrogen-bond donors (Lipinski definition) is 2. The first-order chi connectivity index (χ1) is 14.0. The predicted molar refractivity (Wildman–Crippen MR) is 117 cm³/mol. The number of ether oxygens (including phenoxy) is 1. The Morgan fingerprint density at radius 3 is 2.62 bits per heavy atom. The Kier molecular flexibility index (Phi) is 5.81. The highest BCUT2D eigenvalue weighted by Gasteiger charge is 2.40. The minimum atomic E-state index is -0.321. The lowest BCUT2D eigenvalue weighted by molar-refractivity contribution is 0.144. The monoisotopic (exact) mass is 413 g/mol. The largest absolute Gasteiger partial charge is 0.508 e. The number of aromatic hydroxyl groups is 1. The molecule has 2 heterocycles. The summed E-state index contributed by atoms with van der Waals surface area (Å²) in [6.07, 6.45) is 2.56. The topological polar surface area (TPSA) is 57.1 Å². The molecule has 2 aliphatic rings. The molecule has 0 unspecified atom stereocenters. The summed E-state index contributed by atoms with van der Waals surface area (Å²) < 4.78 is 5.58. The highest BCUT2D eigenvalue weighted by atomic mass is 35.5. The Balaban J connectivity index is 1.70. The molecule has 0 aliphatic carbocycles. The second-order valence-electron chi connectivity index (χ2n) is 7.95. The van der Waals surface area contributed by atoms with Crippen molar-refractivity contribution >= 4 is 17.3 Å². The molecule has 0 bridgehead atoms. The van der Waals surface area contributed by atoms with E-state index in [2.05, 4.69) is 29.4 Å². The van der Waals surface area contributed by atoms with Crippen molar-refractivity contribution in [2.75, 3.05) is 26.7 Å². The highest BCUT2D eigenvalue weighted by molar-refractivity contribution is 6.30. The Hall–Kier alpha value is -2.08. The minimum Gasteiger partial charge on any atom is -0.508 e. The van der Waals surface area contributed by atoms with Gasteiger partial charge in [-0.1, -0.05) is 11.6 Å². The van der Waals surface area contributed by atoms with Crippen LogP contribution in [0.5, 0.6) is 11.5 Å². The van der Waals surface area contributed by atoms with Gasteiger partial charge in [-0.05, 0) is 74.8 Å². The molecule has 2 aromatic rings. The summed E-state index contributed by atoms with van der Waals surface area (Å²) in [4.78, 5) is 7.54. The molecule has 1 saturated heterocycles. The number of rotatable bonds is 4. The number of piperidine rings is 1. The van der Waals surface area contributed by atoms with Gasteiger partial charge in [-0.3, -0.25) is 10.3 Å². The fourth-order valence-corrected chi connectivity index (χ4v) is 4.41. The van der Waals surface area contributed by atoms with E-state index < -0.39 is 0 Å². The number of phenols is 1. The third kappa shape index (κ3) is 4.42. The summed E-state index contributed by atoms with van der Waals surface area (Å²) >= 11 is 6.24. The average Bonchev–Trinajstić information content (AvgIpc) is 2.73. The summed E-state index contributed by atoms with van der Waals surface area (Å²) in [6, 6.07) is 13.3. The van der Waals surface area contributed by atoms with Gasteiger partial charge in [-0.15, -0.1) is 0 Å². The Morgan fingerprint density at radius 2 is 1.93 bits per heavy atom. The van der Waals surface area contributed by atoms with Crippen molar-refractivity contribution in [3.05, 3.63) is 58.6 Å². The van der Waals surface area contributed by atoms with Crippen molar-refractivity contribution < 1.29 is 9.84 Å². The van der Waals surface area contributed by atoms with E-state index in [1.807, 2.05) is 25.1 Å². The van der Waals surface area contributed by atoms with Gasteiger partial charge in [0.15, 0.2) is 0 Å². The molecule has 5 nitrogen and oxygen atoms in total. The highest BCUT2D eigenvalue weighted by Crippen LogP contribution is 2.38. The molecule has 0 aromatic heterocycles. The van der Waals surface area contributed by atoms with E-state index >= 15 is 0 Å². The van der Waals surface area contributed by atoms with Gasteiger partial charge in [0.2, 0.25) is 0 Å². The first-order valence-electron chi connectivity index (χ1n) is 10.2. The van der Waals surface area contributed by atoms with E-state index in [1.165, 1.54) is 0 Å². The molecule has 2 N–H and O–H groups in total. The maximum absolute atomic E-state index is 10.5. The molecule has 0 amide bonds. The van der Waals surface area contributed by atoms with Crippen LogP contribution >= 0.6 is 11.6 Å². The number of phenolic OH excluding ortho intramolecular Hbond substituents is 1. The zero-order valence-electron chi connectivity index (χ0n) is 17.0. The second kappa shape index (κ2) is 8.34. The summed E-state index contributed by atoms with van der Waals surface area (Å²) in [5.74, 6) is 1.13. The molecular weight excluding hydrogens is 386 g/mol. The molecule has 2 aliphatic heterocycles.